The first kappa shape index (κ1) is 31.6. The quantitative estimate of drug-likeness (QED) is 0.123. The van der Waals surface area contributed by atoms with E-state index in [-0.39, 0.29) is 47.2 Å². The van der Waals surface area contributed by atoms with Gasteiger partial charge in [0.25, 0.3) is 5.91 Å². The summed E-state index contributed by atoms with van der Waals surface area (Å²) in [5.41, 5.74) is 12.7. The van der Waals surface area contributed by atoms with Crippen LogP contribution in [0.3, 0.4) is 0 Å². The highest BCUT2D eigenvalue weighted by molar-refractivity contribution is 5.99. The Labute approximate surface area is 268 Å². The predicted molar refractivity (Wildman–Crippen MR) is 170 cm³/mol. The van der Waals surface area contributed by atoms with E-state index in [1.807, 2.05) is 30.3 Å². The van der Waals surface area contributed by atoms with E-state index in [1.165, 1.54) is 37.6 Å². The van der Waals surface area contributed by atoms with Crippen LogP contribution in [0.15, 0.2) is 71.7 Å². The fourth-order valence-electron chi connectivity index (χ4n) is 5.50. The molecule has 2 amide bonds. The van der Waals surface area contributed by atoms with Crippen LogP contribution in [0.5, 0.6) is 11.5 Å². The van der Waals surface area contributed by atoms with Crippen molar-refractivity contribution in [2.24, 2.45) is 10.7 Å². The van der Waals surface area contributed by atoms with Gasteiger partial charge in [-0.3, -0.25) is 14.6 Å². The van der Waals surface area contributed by atoms with E-state index in [0.717, 1.165) is 11.6 Å². The maximum atomic E-state index is 15.2. The van der Waals surface area contributed by atoms with Gasteiger partial charge in [0.2, 0.25) is 5.91 Å². The Morgan fingerprint density at radius 3 is 2.55 bits per heavy atom. The minimum absolute atomic E-state index is 0.000213. The number of carbonyl (C=O) groups is 2. The lowest BCUT2D eigenvalue weighted by Crippen LogP contribution is -2.40. The topological polar surface area (TPSA) is 142 Å². The number of benzene rings is 3. The summed E-state index contributed by atoms with van der Waals surface area (Å²) in [7, 11) is 1.40. The number of rotatable bonds is 10. The van der Waals surface area contributed by atoms with E-state index in [4.69, 9.17) is 25.9 Å². The Bertz CT molecular complexity index is 1920. The number of aliphatic imine (C=N–C) groups is 1. The average Bonchev–Trinajstić information content (AvgIpc) is 3.71. The summed E-state index contributed by atoms with van der Waals surface area (Å²) in [5.74, 6) is -5.27. The molecule has 47 heavy (non-hydrogen) atoms. The fraction of sp³-hybridized carbons (Fsp3) is 0.257. The summed E-state index contributed by atoms with van der Waals surface area (Å²) < 4.78 is 55.0. The molecular formula is C35H32F3N5O4. The highest BCUT2D eigenvalue weighted by Gasteiger charge is 2.45. The number of nitrogens with one attached hydrogen (secondary N) is 1. The number of nitrogen functional groups attached to an aromatic ring is 1. The Hall–Kier alpha value is -5.39. The van der Waals surface area contributed by atoms with Crippen LogP contribution >= 0.6 is 0 Å². The molecule has 3 aromatic carbocycles. The fourth-order valence-corrected chi connectivity index (χ4v) is 5.50. The second-order valence-corrected chi connectivity index (χ2v) is 11.9. The number of methoxy groups -OCH3 is 1. The smallest absolute Gasteiger partial charge is 0.251 e. The molecule has 1 aromatic heterocycles. The third kappa shape index (κ3) is 5.98. The first-order chi connectivity index (χ1) is 22.4. The molecule has 5 N–H and O–H groups in total. The molecule has 0 saturated heterocycles. The largest absolute Gasteiger partial charge is 0.495 e. The van der Waals surface area contributed by atoms with Crippen LogP contribution in [0.4, 0.5) is 18.9 Å². The molecule has 0 bridgehead atoms. The number of pyridine rings is 1. The zero-order valence-electron chi connectivity index (χ0n) is 25.6. The zero-order chi connectivity index (χ0) is 33.5. The molecule has 2 heterocycles. The van der Waals surface area contributed by atoms with Crippen LogP contribution in [0, 0.1) is 11.6 Å². The minimum Gasteiger partial charge on any atom is -0.495 e. The number of carbonyl (C=O) groups excluding carboxylic acids is 2. The monoisotopic (exact) mass is 643 g/mol. The molecule has 242 valence electrons. The highest BCUT2D eigenvalue weighted by atomic mass is 19.2. The van der Waals surface area contributed by atoms with Crippen molar-refractivity contribution < 1.29 is 32.2 Å². The van der Waals surface area contributed by atoms with Crippen LogP contribution in [-0.2, 0) is 10.2 Å². The number of alkyl halides is 1. The van der Waals surface area contributed by atoms with Gasteiger partial charge in [-0.25, -0.2) is 18.2 Å². The molecule has 9 nitrogen and oxygen atoms in total. The normalized spacial score (nSPS) is 18.3. The van der Waals surface area contributed by atoms with E-state index >= 15 is 4.39 Å². The molecule has 0 spiro atoms. The van der Waals surface area contributed by atoms with E-state index < -0.39 is 40.6 Å². The minimum atomic E-state index is -1.62. The molecule has 1 aliphatic heterocycles. The number of hydrogen-bond acceptors (Lipinski definition) is 7. The van der Waals surface area contributed by atoms with Crippen molar-refractivity contribution in [2.45, 2.75) is 36.9 Å². The summed E-state index contributed by atoms with van der Waals surface area (Å²) >= 11 is 0. The second-order valence-electron chi connectivity index (χ2n) is 11.9. The second kappa shape index (κ2) is 12.1. The molecule has 2 aliphatic rings. The van der Waals surface area contributed by atoms with Gasteiger partial charge in [-0.1, -0.05) is 36.4 Å². The molecule has 0 radical (unpaired) electrons. The van der Waals surface area contributed by atoms with E-state index in [2.05, 4.69) is 10.3 Å². The van der Waals surface area contributed by atoms with Crippen molar-refractivity contribution in [3.05, 3.63) is 106 Å². The lowest BCUT2D eigenvalue weighted by molar-refractivity contribution is -0.123. The summed E-state index contributed by atoms with van der Waals surface area (Å²) in [6, 6.07) is 17.5. The number of aromatic nitrogens is 1. The first-order valence-electron chi connectivity index (χ1n) is 14.9. The molecular weight excluding hydrogens is 611 g/mol. The summed E-state index contributed by atoms with van der Waals surface area (Å²) in [4.78, 5) is 35.0. The number of amides is 2. The van der Waals surface area contributed by atoms with Gasteiger partial charge in [0, 0.05) is 53.8 Å². The number of nitrogens with two attached hydrogens (primary N) is 2. The van der Waals surface area contributed by atoms with Crippen LogP contribution in [0.1, 0.15) is 58.4 Å². The van der Waals surface area contributed by atoms with E-state index in [0.29, 0.717) is 29.7 Å². The van der Waals surface area contributed by atoms with Gasteiger partial charge in [0.15, 0.2) is 17.4 Å². The third-order valence-corrected chi connectivity index (χ3v) is 8.62. The molecule has 12 heteroatoms. The number of primary amides is 1. The highest BCUT2D eigenvalue weighted by Crippen LogP contribution is 2.46. The van der Waals surface area contributed by atoms with Crippen molar-refractivity contribution in [3.63, 3.8) is 0 Å². The maximum absolute atomic E-state index is 15.2. The first-order valence-corrected chi connectivity index (χ1v) is 14.9. The predicted octanol–water partition coefficient (Wildman–Crippen LogP) is 5.19. The van der Waals surface area contributed by atoms with Gasteiger partial charge >= 0.3 is 0 Å². The van der Waals surface area contributed by atoms with E-state index in [1.54, 1.807) is 13.0 Å². The summed E-state index contributed by atoms with van der Waals surface area (Å²) in [6.07, 6.45) is 1.93. The molecule has 1 fully saturated rings. The molecule has 4 aromatic rings. The van der Waals surface area contributed by atoms with Crippen LogP contribution in [-0.4, -0.2) is 49.1 Å². The third-order valence-electron chi connectivity index (χ3n) is 8.62. The van der Waals surface area contributed by atoms with Crippen molar-refractivity contribution in [1.82, 2.24) is 10.3 Å². The Balaban J connectivity index is 1.41. The SMILES string of the molecule is COc1cc(C(=O)NC[C@@H](c2ccccc2)c2cc3c(c(-c4cccc(F)c4F)n2)OC[C@]3(C)C(N)=O)cc(/C=N/C2(F)CC2)c1N. The van der Waals surface area contributed by atoms with Gasteiger partial charge in [0.1, 0.15) is 29.2 Å². The lowest BCUT2D eigenvalue weighted by Gasteiger charge is -2.23. The standard InChI is InChI=1S/C35H32F3N5O4/c1-34(33(40)45)18-47-31-24(34)15-26(43-30(31)22-9-6-10-25(36)28(22)37)23(19-7-4-3-5-8-19)17-41-32(44)20-13-21(16-42-35(38)11-12-35)29(39)27(14-20)46-2/h3-10,13-16,23H,11-12,17-18,39H2,1-2H3,(H2,40,45)(H,41,44)/b42-16+/t23-,34-/m0/s1. The summed E-state index contributed by atoms with van der Waals surface area (Å²) in [6.45, 7) is 1.49. The Morgan fingerprint density at radius 2 is 1.87 bits per heavy atom. The Kier molecular flexibility index (Phi) is 8.12. The molecule has 6 rings (SSSR count). The summed E-state index contributed by atoms with van der Waals surface area (Å²) in [5, 5.41) is 2.92. The Morgan fingerprint density at radius 1 is 1.13 bits per heavy atom. The van der Waals surface area contributed by atoms with Crippen molar-refractivity contribution in [3.8, 4) is 22.8 Å². The van der Waals surface area contributed by atoms with Crippen molar-refractivity contribution >= 4 is 23.7 Å². The molecule has 0 unspecified atom stereocenters. The number of ether oxygens (including phenoxy) is 2. The number of fused-ring (bicyclic) bond motifs is 1. The zero-order valence-corrected chi connectivity index (χ0v) is 25.6. The average molecular weight is 644 g/mol. The molecule has 2 atom stereocenters. The molecule has 1 aliphatic carbocycles. The number of halogens is 3. The van der Waals surface area contributed by atoms with Crippen LogP contribution in [0.2, 0.25) is 0 Å². The lowest BCUT2D eigenvalue weighted by atomic mass is 9.81. The number of hydrogen-bond donors (Lipinski definition) is 3. The van der Waals surface area contributed by atoms with Crippen LogP contribution in [0.25, 0.3) is 11.3 Å². The van der Waals surface area contributed by atoms with Gasteiger partial charge in [-0.15, -0.1) is 0 Å². The number of anilines is 1. The number of nitrogens with zero attached hydrogens (tertiary/aromatic N) is 2. The molecule has 1 saturated carbocycles. The van der Waals surface area contributed by atoms with Gasteiger partial charge in [-0.2, -0.15) is 0 Å². The van der Waals surface area contributed by atoms with Gasteiger partial charge in [-0.05, 0) is 42.8 Å². The maximum Gasteiger partial charge on any atom is 0.251 e. The van der Waals surface area contributed by atoms with Gasteiger partial charge in [0.05, 0.1) is 18.5 Å². The van der Waals surface area contributed by atoms with Crippen LogP contribution < -0.4 is 26.3 Å². The van der Waals surface area contributed by atoms with E-state index in [9.17, 15) is 18.4 Å². The van der Waals surface area contributed by atoms with Crippen molar-refractivity contribution in [2.75, 3.05) is 26.0 Å². The van der Waals surface area contributed by atoms with Crippen molar-refractivity contribution in [1.29, 1.82) is 0 Å². The van der Waals surface area contributed by atoms with Gasteiger partial charge < -0.3 is 26.3 Å².